The summed E-state index contributed by atoms with van der Waals surface area (Å²) in [5.74, 6) is -0.533. The Hall–Kier alpha value is -3.50. The van der Waals surface area contributed by atoms with Gasteiger partial charge in [0.05, 0.1) is 12.1 Å². The van der Waals surface area contributed by atoms with Gasteiger partial charge >= 0.3 is 0 Å². The number of sulfonamides is 1. The highest BCUT2D eigenvalue weighted by molar-refractivity contribution is 7.88. The molecule has 1 heterocycles. The SMILES string of the molecule is CNS(=O)(=O)Cc1ccc(CNC(=O)c2cccc(NC(=O)CCn3ccnc3)c2)cc1. The van der Waals surface area contributed by atoms with Crippen molar-refractivity contribution >= 4 is 27.5 Å². The molecular weight excluding hydrogens is 430 g/mol. The molecule has 0 saturated carbocycles. The van der Waals surface area contributed by atoms with Crippen molar-refractivity contribution in [3.8, 4) is 0 Å². The van der Waals surface area contributed by atoms with Gasteiger partial charge in [-0.15, -0.1) is 0 Å². The molecular formula is C22H25N5O4S. The first-order valence-electron chi connectivity index (χ1n) is 9.97. The van der Waals surface area contributed by atoms with E-state index in [9.17, 15) is 18.0 Å². The lowest BCUT2D eigenvalue weighted by Gasteiger charge is -2.09. The zero-order chi connectivity index (χ0) is 23.0. The Kier molecular flexibility index (Phi) is 7.74. The summed E-state index contributed by atoms with van der Waals surface area (Å²) in [5, 5.41) is 5.62. The summed E-state index contributed by atoms with van der Waals surface area (Å²) in [7, 11) is -1.95. The van der Waals surface area contributed by atoms with Crippen LogP contribution in [0.25, 0.3) is 0 Å². The number of hydrogen-bond acceptors (Lipinski definition) is 5. The summed E-state index contributed by atoms with van der Waals surface area (Å²) >= 11 is 0. The van der Waals surface area contributed by atoms with E-state index in [1.165, 1.54) is 7.05 Å². The Bertz CT molecular complexity index is 1160. The average Bonchev–Trinajstić information content (AvgIpc) is 3.31. The second kappa shape index (κ2) is 10.7. The molecule has 2 aromatic carbocycles. The number of benzene rings is 2. The summed E-state index contributed by atoms with van der Waals surface area (Å²) in [4.78, 5) is 28.6. The number of imidazole rings is 1. The molecule has 32 heavy (non-hydrogen) atoms. The lowest BCUT2D eigenvalue weighted by Crippen LogP contribution is -2.23. The first-order chi connectivity index (χ1) is 15.3. The van der Waals surface area contributed by atoms with Gasteiger partial charge in [-0.1, -0.05) is 30.3 Å². The van der Waals surface area contributed by atoms with Gasteiger partial charge in [0.25, 0.3) is 5.91 Å². The van der Waals surface area contributed by atoms with Crippen LogP contribution in [0.3, 0.4) is 0 Å². The number of nitrogens with one attached hydrogen (secondary N) is 3. The summed E-state index contributed by atoms with van der Waals surface area (Å²) in [5.41, 5.74) is 2.47. The number of nitrogens with zero attached hydrogens (tertiary/aromatic N) is 2. The van der Waals surface area contributed by atoms with Crippen LogP contribution in [0.2, 0.25) is 0 Å². The first kappa shape index (κ1) is 23.2. The normalized spacial score (nSPS) is 11.2. The van der Waals surface area contributed by atoms with Gasteiger partial charge in [-0.25, -0.2) is 18.1 Å². The fourth-order valence-electron chi connectivity index (χ4n) is 2.94. The van der Waals surface area contributed by atoms with Crippen molar-refractivity contribution in [3.05, 3.63) is 83.9 Å². The highest BCUT2D eigenvalue weighted by Gasteiger charge is 2.10. The maximum atomic E-state index is 12.5. The van der Waals surface area contributed by atoms with Gasteiger partial charge in [0.2, 0.25) is 15.9 Å². The Morgan fingerprint density at radius 3 is 2.50 bits per heavy atom. The molecule has 10 heteroatoms. The largest absolute Gasteiger partial charge is 0.348 e. The average molecular weight is 456 g/mol. The second-order valence-corrected chi connectivity index (χ2v) is 9.07. The molecule has 0 fully saturated rings. The van der Waals surface area contributed by atoms with Crippen LogP contribution >= 0.6 is 0 Å². The molecule has 3 N–H and O–H groups in total. The van der Waals surface area contributed by atoms with Crippen molar-refractivity contribution in [2.75, 3.05) is 12.4 Å². The van der Waals surface area contributed by atoms with Crippen LogP contribution < -0.4 is 15.4 Å². The van der Waals surface area contributed by atoms with E-state index in [1.54, 1.807) is 67.3 Å². The minimum absolute atomic E-state index is 0.100. The van der Waals surface area contributed by atoms with Gasteiger partial charge in [0.1, 0.15) is 0 Å². The maximum Gasteiger partial charge on any atom is 0.251 e. The first-order valence-corrected chi connectivity index (χ1v) is 11.6. The minimum atomic E-state index is -3.33. The predicted octanol–water partition coefficient (Wildman–Crippen LogP) is 1.89. The Morgan fingerprint density at radius 2 is 1.81 bits per heavy atom. The number of hydrogen-bond donors (Lipinski definition) is 3. The third-order valence-electron chi connectivity index (χ3n) is 4.71. The van der Waals surface area contributed by atoms with Crippen molar-refractivity contribution in [1.82, 2.24) is 19.6 Å². The van der Waals surface area contributed by atoms with Crippen LogP contribution in [-0.2, 0) is 33.7 Å². The molecule has 0 unspecified atom stereocenters. The number of amides is 2. The van der Waals surface area contributed by atoms with E-state index in [0.717, 1.165) is 5.56 Å². The van der Waals surface area contributed by atoms with Crippen LogP contribution in [0.15, 0.2) is 67.3 Å². The molecule has 0 spiro atoms. The molecule has 0 aliphatic carbocycles. The highest BCUT2D eigenvalue weighted by Crippen LogP contribution is 2.12. The maximum absolute atomic E-state index is 12.5. The molecule has 0 bridgehead atoms. The zero-order valence-electron chi connectivity index (χ0n) is 17.6. The van der Waals surface area contributed by atoms with Gasteiger partial charge in [-0.05, 0) is 36.4 Å². The number of aryl methyl sites for hydroxylation is 1. The molecule has 0 aliphatic rings. The van der Waals surface area contributed by atoms with Crippen molar-refractivity contribution < 1.29 is 18.0 Å². The summed E-state index contributed by atoms with van der Waals surface area (Å²) < 4.78 is 27.3. The standard InChI is InChI=1S/C22H25N5O4S/c1-23-32(30,31)15-18-7-5-17(6-8-18)14-25-22(29)19-3-2-4-20(13-19)26-21(28)9-11-27-12-10-24-16-27/h2-8,10,12-13,16,23H,9,11,14-15H2,1H3,(H,25,29)(H,26,28). The molecule has 2 amide bonds. The molecule has 1 aromatic heterocycles. The van der Waals surface area contributed by atoms with Crippen LogP contribution in [-0.4, -0.2) is 36.8 Å². The second-order valence-electron chi connectivity index (χ2n) is 7.14. The summed E-state index contributed by atoms with van der Waals surface area (Å²) in [6.45, 7) is 0.811. The van der Waals surface area contributed by atoms with E-state index in [1.807, 2.05) is 4.57 Å². The lowest BCUT2D eigenvalue weighted by molar-refractivity contribution is -0.116. The van der Waals surface area contributed by atoms with Gasteiger partial charge in [0, 0.05) is 43.2 Å². The van der Waals surface area contributed by atoms with Crippen molar-refractivity contribution in [2.45, 2.75) is 25.3 Å². The molecule has 0 radical (unpaired) electrons. The van der Waals surface area contributed by atoms with Crippen molar-refractivity contribution in [3.63, 3.8) is 0 Å². The van der Waals surface area contributed by atoms with Gasteiger partial charge in [0.15, 0.2) is 0 Å². The van der Waals surface area contributed by atoms with Crippen LogP contribution in [0.4, 0.5) is 5.69 Å². The van der Waals surface area contributed by atoms with E-state index in [2.05, 4.69) is 20.3 Å². The number of carbonyl (C=O) groups is 2. The molecule has 3 aromatic rings. The van der Waals surface area contributed by atoms with Crippen LogP contribution in [0.1, 0.15) is 27.9 Å². The van der Waals surface area contributed by atoms with Crippen LogP contribution in [0.5, 0.6) is 0 Å². The van der Waals surface area contributed by atoms with E-state index in [-0.39, 0.29) is 17.6 Å². The van der Waals surface area contributed by atoms with E-state index in [0.29, 0.717) is 36.3 Å². The van der Waals surface area contributed by atoms with Gasteiger partial charge in [-0.2, -0.15) is 0 Å². The Labute approximate surface area is 186 Å². The predicted molar refractivity (Wildman–Crippen MR) is 121 cm³/mol. The molecule has 0 saturated heterocycles. The van der Waals surface area contributed by atoms with Crippen molar-refractivity contribution in [2.24, 2.45) is 0 Å². The minimum Gasteiger partial charge on any atom is -0.348 e. The molecule has 9 nitrogen and oxygen atoms in total. The van der Waals surface area contributed by atoms with Gasteiger partial charge in [-0.3, -0.25) is 9.59 Å². The monoisotopic (exact) mass is 455 g/mol. The van der Waals surface area contributed by atoms with E-state index >= 15 is 0 Å². The Balaban J connectivity index is 1.51. The molecule has 0 atom stereocenters. The third kappa shape index (κ3) is 7.03. The summed E-state index contributed by atoms with van der Waals surface area (Å²) in [6, 6.07) is 13.7. The number of aromatic nitrogens is 2. The van der Waals surface area contributed by atoms with E-state index < -0.39 is 10.0 Å². The smallest absolute Gasteiger partial charge is 0.251 e. The molecule has 168 valence electrons. The Morgan fingerprint density at radius 1 is 1.06 bits per heavy atom. The molecule has 3 rings (SSSR count). The fourth-order valence-corrected chi connectivity index (χ4v) is 3.72. The lowest BCUT2D eigenvalue weighted by atomic mass is 10.1. The highest BCUT2D eigenvalue weighted by atomic mass is 32.2. The fraction of sp³-hybridized carbons (Fsp3) is 0.227. The van der Waals surface area contributed by atoms with Crippen LogP contribution in [0, 0.1) is 0 Å². The third-order valence-corrected chi connectivity index (χ3v) is 6.04. The molecule has 0 aliphatic heterocycles. The number of carbonyl (C=O) groups excluding carboxylic acids is 2. The quantitative estimate of drug-likeness (QED) is 0.431. The topological polar surface area (TPSA) is 122 Å². The summed E-state index contributed by atoms with van der Waals surface area (Å²) in [6.07, 6.45) is 5.38. The van der Waals surface area contributed by atoms with E-state index in [4.69, 9.17) is 0 Å². The van der Waals surface area contributed by atoms with Gasteiger partial charge < -0.3 is 15.2 Å². The number of rotatable bonds is 10. The number of anilines is 1. The zero-order valence-corrected chi connectivity index (χ0v) is 18.4. The van der Waals surface area contributed by atoms with Crippen molar-refractivity contribution in [1.29, 1.82) is 0 Å².